The van der Waals surface area contributed by atoms with Crippen molar-refractivity contribution in [1.29, 1.82) is 0 Å². The normalized spacial score (nSPS) is 10.9. The molecule has 0 saturated carbocycles. The van der Waals surface area contributed by atoms with E-state index in [1.807, 2.05) is 11.8 Å². The van der Waals surface area contributed by atoms with Gasteiger partial charge in [-0.1, -0.05) is 38.0 Å². The maximum absolute atomic E-state index is 12.1. The van der Waals surface area contributed by atoms with Crippen LogP contribution >= 0.6 is 22.9 Å². The summed E-state index contributed by atoms with van der Waals surface area (Å²) in [6, 6.07) is 0. The van der Waals surface area contributed by atoms with E-state index in [0.717, 1.165) is 30.7 Å². The van der Waals surface area contributed by atoms with E-state index in [1.165, 1.54) is 0 Å². The number of hydrogen-bond acceptors (Lipinski definition) is 4. The van der Waals surface area contributed by atoms with Gasteiger partial charge in [-0.25, -0.2) is 0 Å². The molecular weight excluding hydrogens is 258 g/mol. The standard InChI is InChI=1S/C11H18ClN3OS/c1-4-8(5-2)7-15(6-3)10(16)9-13-14-11(12)17-9/h8H,4-7H2,1-3H3. The third kappa shape index (κ3) is 3.92. The highest BCUT2D eigenvalue weighted by Gasteiger charge is 2.20. The van der Waals surface area contributed by atoms with E-state index < -0.39 is 0 Å². The van der Waals surface area contributed by atoms with Crippen LogP contribution in [0.5, 0.6) is 0 Å². The molecule has 0 aliphatic rings. The summed E-state index contributed by atoms with van der Waals surface area (Å²) in [7, 11) is 0. The molecule has 0 N–H and O–H groups in total. The SMILES string of the molecule is CCC(CC)CN(CC)C(=O)c1nnc(Cl)s1. The Morgan fingerprint density at radius 2 is 2.00 bits per heavy atom. The lowest BCUT2D eigenvalue weighted by Crippen LogP contribution is -2.35. The van der Waals surface area contributed by atoms with Crippen molar-refractivity contribution in [3.63, 3.8) is 0 Å². The molecule has 0 saturated heterocycles. The molecule has 0 atom stereocenters. The van der Waals surface area contributed by atoms with Gasteiger partial charge >= 0.3 is 0 Å². The van der Waals surface area contributed by atoms with Crippen LogP contribution < -0.4 is 0 Å². The molecule has 1 heterocycles. The number of rotatable bonds is 6. The number of carbonyl (C=O) groups excluding carboxylic acids is 1. The van der Waals surface area contributed by atoms with Crippen LogP contribution in [0.4, 0.5) is 0 Å². The van der Waals surface area contributed by atoms with Crippen LogP contribution in [-0.2, 0) is 0 Å². The van der Waals surface area contributed by atoms with E-state index in [0.29, 0.717) is 21.9 Å². The molecular formula is C11H18ClN3OS. The van der Waals surface area contributed by atoms with Gasteiger partial charge in [0.2, 0.25) is 9.47 Å². The number of amides is 1. The highest BCUT2D eigenvalue weighted by atomic mass is 35.5. The topological polar surface area (TPSA) is 46.1 Å². The third-order valence-electron chi connectivity index (χ3n) is 2.89. The van der Waals surface area contributed by atoms with Crippen LogP contribution in [-0.4, -0.2) is 34.1 Å². The van der Waals surface area contributed by atoms with Gasteiger partial charge in [-0.05, 0) is 24.4 Å². The number of nitrogens with zero attached hydrogens (tertiary/aromatic N) is 3. The van der Waals surface area contributed by atoms with Crippen LogP contribution in [0.25, 0.3) is 0 Å². The van der Waals surface area contributed by atoms with Gasteiger partial charge in [0.15, 0.2) is 0 Å². The van der Waals surface area contributed by atoms with Crippen LogP contribution in [0.2, 0.25) is 4.47 Å². The van der Waals surface area contributed by atoms with Gasteiger partial charge in [0.25, 0.3) is 5.91 Å². The Balaban J connectivity index is 2.70. The Morgan fingerprint density at radius 1 is 1.35 bits per heavy atom. The van der Waals surface area contributed by atoms with E-state index in [9.17, 15) is 4.79 Å². The van der Waals surface area contributed by atoms with Crippen molar-refractivity contribution in [2.75, 3.05) is 13.1 Å². The zero-order chi connectivity index (χ0) is 12.8. The molecule has 1 amide bonds. The molecule has 1 aromatic heterocycles. The first-order chi connectivity index (χ1) is 8.12. The number of aromatic nitrogens is 2. The second kappa shape index (κ2) is 6.91. The molecule has 0 aromatic carbocycles. The quantitative estimate of drug-likeness (QED) is 0.801. The maximum atomic E-state index is 12.1. The van der Waals surface area contributed by atoms with Crippen molar-refractivity contribution in [3.8, 4) is 0 Å². The van der Waals surface area contributed by atoms with Crippen molar-refractivity contribution in [2.24, 2.45) is 5.92 Å². The fourth-order valence-electron chi connectivity index (χ4n) is 1.64. The summed E-state index contributed by atoms with van der Waals surface area (Å²) in [5.41, 5.74) is 0. The zero-order valence-electron chi connectivity index (χ0n) is 10.4. The van der Waals surface area contributed by atoms with E-state index in [-0.39, 0.29) is 5.91 Å². The van der Waals surface area contributed by atoms with Crippen molar-refractivity contribution < 1.29 is 4.79 Å². The first kappa shape index (κ1) is 14.4. The first-order valence-corrected chi connectivity index (χ1v) is 7.10. The lowest BCUT2D eigenvalue weighted by molar-refractivity contribution is 0.0733. The lowest BCUT2D eigenvalue weighted by atomic mass is 10.0. The Labute approximate surface area is 111 Å². The van der Waals surface area contributed by atoms with Crippen molar-refractivity contribution >= 4 is 28.8 Å². The monoisotopic (exact) mass is 275 g/mol. The maximum Gasteiger partial charge on any atom is 0.284 e. The minimum absolute atomic E-state index is 0.0659. The van der Waals surface area contributed by atoms with E-state index in [4.69, 9.17) is 11.6 Å². The zero-order valence-corrected chi connectivity index (χ0v) is 12.0. The molecule has 6 heteroatoms. The fraction of sp³-hybridized carbons (Fsp3) is 0.727. The molecule has 0 radical (unpaired) electrons. The average Bonchev–Trinajstić information content (AvgIpc) is 2.77. The summed E-state index contributed by atoms with van der Waals surface area (Å²) in [5, 5.41) is 7.83. The van der Waals surface area contributed by atoms with Gasteiger partial charge in [-0.15, -0.1) is 10.2 Å². The van der Waals surface area contributed by atoms with E-state index in [1.54, 1.807) is 0 Å². The fourth-order valence-corrected chi connectivity index (χ4v) is 2.44. The molecule has 0 unspecified atom stereocenters. The van der Waals surface area contributed by atoms with Gasteiger partial charge in [0.1, 0.15) is 0 Å². The van der Waals surface area contributed by atoms with E-state index in [2.05, 4.69) is 24.0 Å². The molecule has 0 aliphatic carbocycles. The van der Waals surface area contributed by atoms with Crippen LogP contribution in [0.1, 0.15) is 43.4 Å². The highest BCUT2D eigenvalue weighted by molar-refractivity contribution is 7.17. The molecule has 4 nitrogen and oxygen atoms in total. The van der Waals surface area contributed by atoms with Gasteiger partial charge < -0.3 is 4.90 Å². The molecule has 0 aliphatic heterocycles. The molecule has 1 aromatic rings. The molecule has 1 rings (SSSR count). The van der Waals surface area contributed by atoms with Crippen LogP contribution in [0.3, 0.4) is 0 Å². The summed E-state index contributed by atoms with van der Waals surface area (Å²) < 4.78 is 0.312. The Bertz CT molecular complexity index is 365. The summed E-state index contributed by atoms with van der Waals surface area (Å²) in [6.07, 6.45) is 2.16. The summed E-state index contributed by atoms with van der Waals surface area (Å²) >= 11 is 6.82. The minimum atomic E-state index is -0.0659. The van der Waals surface area contributed by atoms with Gasteiger partial charge in [-0.3, -0.25) is 4.79 Å². The average molecular weight is 276 g/mol. The van der Waals surface area contributed by atoms with E-state index >= 15 is 0 Å². The third-order valence-corrected chi connectivity index (χ3v) is 3.89. The largest absolute Gasteiger partial charge is 0.337 e. The molecule has 0 fully saturated rings. The van der Waals surface area contributed by atoms with Crippen LogP contribution in [0.15, 0.2) is 0 Å². The predicted octanol–water partition coefficient (Wildman–Crippen LogP) is 3.09. The van der Waals surface area contributed by atoms with Crippen LogP contribution in [0, 0.1) is 5.92 Å². The summed E-state index contributed by atoms with van der Waals surface area (Å²) in [6.45, 7) is 7.73. The minimum Gasteiger partial charge on any atom is -0.337 e. The Kier molecular flexibility index (Phi) is 5.85. The number of halogens is 1. The van der Waals surface area contributed by atoms with Gasteiger partial charge in [-0.2, -0.15) is 0 Å². The highest BCUT2D eigenvalue weighted by Crippen LogP contribution is 2.18. The number of hydrogen-bond donors (Lipinski definition) is 0. The second-order valence-corrected chi connectivity index (χ2v) is 5.45. The van der Waals surface area contributed by atoms with Gasteiger partial charge in [0.05, 0.1) is 0 Å². The molecule has 0 spiro atoms. The molecule has 17 heavy (non-hydrogen) atoms. The second-order valence-electron chi connectivity index (χ2n) is 3.89. The smallest absolute Gasteiger partial charge is 0.284 e. The summed E-state index contributed by atoms with van der Waals surface area (Å²) in [4.78, 5) is 13.9. The first-order valence-electron chi connectivity index (χ1n) is 5.90. The Hall–Kier alpha value is -0.680. The van der Waals surface area contributed by atoms with Crippen molar-refractivity contribution in [1.82, 2.24) is 15.1 Å². The number of carbonyl (C=O) groups is 1. The molecule has 0 bridgehead atoms. The van der Waals surface area contributed by atoms with Crippen molar-refractivity contribution in [2.45, 2.75) is 33.6 Å². The summed E-state index contributed by atoms with van der Waals surface area (Å²) in [5.74, 6) is 0.478. The van der Waals surface area contributed by atoms with Crippen molar-refractivity contribution in [3.05, 3.63) is 9.47 Å². The predicted molar refractivity (Wildman–Crippen MR) is 70.6 cm³/mol. The Morgan fingerprint density at radius 3 is 2.41 bits per heavy atom. The van der Waals surface area contributed by atoms with Gasteiger partial charge in [0, 0.05) is 13.1 Å². The molecule has 96 valence electrons. The lowest BCUT2D eigenvalue weighted by Gasteiger charge is -2.24.